The van der Waals surface area contributed by atoms with Crippen molar-refractivity contribution in [1.29, 1.82) is 0 Å². The van der Waals surface area contributed by atoms with E-state index >= 15 is 0 Å². The third kappa shape index (κ3) is 6.81. The number of fused-ring (bicyclic) bond motifs is 1. The first-order valence-corrected chi connectivity index (χ1v) is 14.3. The molecule has 0 radical (unpaired) electrons. The Hall–Kier alpha value is -2.09. The molecule has 1 amide bonds. The van der Waals surface area contributed by atoms with E-state index < -0.39 is 21.0 Å². The molecule has 0 fully saturated rings. The van der Waals surface area contributed by atoms with Crippen molar-refractivity contribution >= 4 is 56.2 Å². The Morgan fingerprint density at radius 3 is 2.31 bits per heavy atom. The Bertz CT molecular complexity index is 1320. The van der Waals surface area contributed by atoms with Gasteiger partial charge in [0.2, 0.25) is 0 Å². The van der Waals surface area contributed by atoms with Crippen LogP contribution in [0.5, 0.6) is 0 Å². The molecule has 0 bridgehead atoms. The highest BCUT2D eigenvalue weighted by Crippen LogP contribution is 2.40. The molecule has 9 heteroatoms. The molecule has 0 saturated heterocycles. The van der Waals surface area contributed by atoms with Crippen LogP contribution in [0.25, 0.3) is 0 Å². The van der Waals surface area contributed by atoms with Gasteiger partial charge < -0.3 is 10.4 Å². The van der Waals surface area contributed by atoms with Gasteiger partial charge in [-0.15, -0.1) is 0 Å². The van der Waals surface area contributed by atoms with Gasteiger partial charge in [0.15, 0.2) is 9.84 Å². The van der Waals surface area contributed by atoms with Crippen molar-refractivity contribution in [1.82, 2.24) is 0 Å². The first kappa shape index (κ1) is 28.5. The molecule has 3 aromatic carbocycles. The smallest absolute Gasteiger partial charge is 0.258 e. The number of sulfone groups is 1. The standard InChI is InChI=1S/C23H18Cl3NO3S.C4H10O/c24-15-5-2-6-17(12-15)31(29,30)21-9-1-4-14-10-11-16(13-18(14)21)27-23(28)22-19(25)7-3-8-20(22)26;1-3-4(2)5/h2-3,5-8,10-13,21H,1,4,9H2,(H,27,28);4-5H,3H2,1-2H3. The zero-order valence-electron chi connectivity index (χ0n) is 20.0. The van der Waals surface area contributed by atoms with Gasteiger partial charge >= 0.3 is 0 Å². The number of carbonyl (C=O) groups is 1. The summed E-state index contributed by atoms with van der Waals surface area (Å²) in [5.41, 5.74) is 2.30. The summed E-state index contributed by atoms with van der Waals surface area (Å²) in [6.45, 7) is 3.73. The molecule has 0 spiro atoms. The van der Waals surface area contributed by atoms with E-state index in [0.717, 1.165) is 24.8 Å². The minimum absolute atomic E-state index is 0.116. The van der Waals surface area contributed by atoms with Gasteiger partial charge in [-0.05, 0) is 86.2 Å². The number of halogens is 3. The number of anilines is 1. The van der Waals surface area contributed by atoms with Gasteiger partial charge in [0, 0.05) is 10.7 Å². The van der Waals surface area contributed by atoms with Crippen molar-refractivity contribution in [2.75, 3.05) is 5.32 Å². The van der Waals surface area contributed by atoms with Crippen LogP contribution in [0.1, 0.15) is 59.8 Å². The van der Waals surface area contributed by atoms with Crippen LogP contribution in [0.2, 0.25) is 15.1 Å². The third-order valence-corrected chi connectivity index (χ3v) is 8.96. The lowest BCUT2D eigenvalue weighted by atomic mass is 9.91. The first-order valence-electron chi connectivity index (χ1n) is 11.6. The second-order valence-corrected chi connectivity index (χ2v) is 12.0. The molecule has 0 aromatic heterocycles. The molecule has 2 unspecified atom stereocenters. The average Bonchev–Trinajstić information content (AvgIpc) is 2.84. The molecule has 0 aliphatic heterocycles. The minimum Gasteiger partial charge on any atom is -0.393 e. The van der Waals surface area contributed by atoms with Crippen LogP contribution >= 0.6 is 34.8 Å². The number of nitrogens with one attached hydrogen (secondary N) is 1. The van der Waals surface area contributed by atoms with Gasteiger partial charge in [-0.3, -0.25) is 4.79 Å². The molecule has 1 aliphatic carbocycles. The zero-order valence-corrected chi connectivity index (χ0v) is 23.1. The summed E-state index contributed by atoms with van der Waals surface area (Å²) in [7, 11) is -3.65. The van der Waals surface area contributed by atoms with E-state index in [-0.39, 0.29) is 26.6 Å². The van der Waals surface area contributed by atoms with Gasteiger partial charge in [-0.2, -0.15) is 0 Å². The predicted octanol–water partition coefficient (Wildman–Crippen LogP) is 7.53. The highest BCUT2D eigenvalue weighted by molar-refractivity contribution is 7.91. The van der Waals surface area contributed by atoms with Crippen molar-refractivity contribution in [3.05, 3.63) is 92.4 Å². The van der Waals surface area contributed by atoms with Crippen molar-refractivity contribution in [3.63, 3.8) is 0 Å². The number of rotatable bonds is 5. The summed E-state index contributed by atoms with van der Waals surface area (Å²) < 4.78 is 26.7. The van der Waals surface area contributed by atoms with Crippen molar-refractivity contribution in [2.45, 2.75) is 55.8 Å². The molecule has 0 saturated carbocycles. The van der Waals surface area contributed by atoms with E-state index in [1.807, 2.05) is 13.0 Å². The van der Waals surface area contributed by atoms with Crippen molar-refractivity contribution in [3.8, 4) is 0 Å². The molecular formula is C27H28Cl3NO4S. The monoisotopic (exact) mass is 567 g/mol. The molecule has 1 aliphatic rings. The number of hydrogen-bond acceptors (Lipinski definition) is 4. The summed E-state index contributed by atoms with van der Waals surface area (Å²) in [5, 5.41) is 11.3. The first-order chi connectivity index (χ1) is 17.0. The highest BCUT2D eigenvalue weighted by Gasteiger charge is 2.33. The fourth-order valence-corrected chi connectivity index (χ4v) is 6.62. The Morgan fingerprint density at radius 2 is 1.69 bits per heavy atom. The normalized spacial score (nSPS) is 15.8. The quantitative estimate of drug-likeness (QED) is 0.333. The zero-order chi connectivity index (χ0) is 26.5. The molecule has 2 N–H and O–H groups in total. The molecule has 5 nitrogen and oxygen atoms in total. The molecule has 4 rings (SSSR count). The Morgan fingerprint density at radius 1 is 1.06 bits per heavy atom. The Balaban J connectivity index is 0.000000658. The van der Waals surface area contributed by atoms with Crippen LogP contribution in [0, 0.1) is 0 Å². The van der Waals surface area contributed by atoms with E-state index in [1.165, 1.54) is 6.07 Å². The maximum atomic E-state index is 13.4. The number of amides is 1. The lowest BCUT2D eigenvalue weighted by Gasteiger charge is -2.26. The number of hydrogen-bond donors (Lipinski definition) is 2. The maximum Gasteiger partial charge on any atom is 0.258 e. The highest BCUT2D eigenvalue weighted by atomic mass is 35.5. The second-order valence-electron chi connectivity index (χ2n) is 8.60. The van der Waals surface area contributed by atoms with Crippen LogP contribution in [-0.2, 0) is 16.3 Å². The molecule has 3 aromatic rings. The second kappa shape index (κ2) is 12.4. The summed E-state index contributed by atoms with van der Waals surface area (Å²) in [4.78, 5) is 12.9. The topological polar surface area (TPSA) is 83.5 Å². The lowest BCUT2D eigenvalue weighted by Crippen LogP contribution is -2.20. The summed E-state index contributed by atoms with van der Waals surface area (Å²) in [6, 6.07) is 16.5. The fraction of sp³-hybridized carbons (Fsp3) is 0.296. The fourth-order valence-electron chi connectivity index (χ4n) is 3.87. The maximum absolute atomic E-state index is 13.4. The molecule has 0 heterocycles. The van der Waals surface area contributed by atoms with Crippen LogP contribution < -0.4 is 5.32 Å². The minimum atomic E-state index is -3.65. The largest absolute Gasteiger partial charge is 0.393 e. The molecule has 192 valence electrons. The van der Waals surface area contributed by atoms with E-state index in [9.17, 15) is 13.2 Å². The van der Waals surface area contributed by atoms with Gasteiger partial charge in [-0.1, -0.05) is 59.9 Å². The number of aliphatic hydroxyl groups excluding tert-OH is 1. The molecular weight excluding hydrogens is 541 g/mol. The molecule has 36 heavy (non-hydrogen) atoms. The summed E-state index contributed by atoms with van der Waals surface area (Å²) >= 11 is 18.3. The predicted molar refractivity (Wildman–Crippen MR) is 147 cm³/mol. The summed E-state index contributed by atoms with van der Waals surface area (Å²) in [6.07, 6.45) is 2.78. The van der Waals surface area contributed by atoms with E-state index in [0.29, 0.717) is 22.7 Å². The Labute approximate surface area is 227 Å². The molecule has 2 atom stereocenters. The van der Waals surface area contributed by atoms with Gasteiger partial charge in [0.05, 0.1) is 31.9 Å². The number of aryl methyl sites for hydroxylation is 1. The van der Waals surface area contributed by atoms with E-state index in [2.05, 4.69) is 5.32 Å². The third-order valence-electron chi connectivity index (χ3n) is 5.94. The number of aliphatic hydroxyl groups is 1. The van der Waals surface area contributed by atoms with Crippen LogP contribution in [-0.4, -0.2) is 25.5 Å². The van der Waals surface area contributed by atoms with Gasteiger partial charge in [0.25, 0.3) is 5.91 Å². The van der Waals surface area contributed by atoms with E-state index in [1.54, 1.807) is 55.5 Å². The van der Waals surface area contributed by atoms with Crippen LogP contribution in [0.3, 0.4) is 0 Å². The number of carbonyl (C=O) groups excluding carboxylic acids is 1. The van der Waals surface area contributed by atoms with Crippen LogP contribution in [0.4, 0.5) is 5.69 Å². The number of benzene rings is 3. The average molecular weight is 569 g/mol. The Kier molecular flexibility index (Phi) is 9.84. The lowest BCUT2D eigenvalue weighted by molar-refractivity contribution is 0.102. The van der Waals surface area contributed by atoms with Gasteiger partial charge in [0.1, 0.15) is 0 Å². The summed E-state index contributed by atoms with van der Waals surface area (Å²) in [5.74, 6) is -0.458. The van der Waals surface area contributed by atoms with E-state index in [4.69, 9.17) is 39.9 Å². The van der Waals surface area contributed by atoms with Crippen LogP contribution in [0.15, 0.2) is 65.6 Å². The van der Waals surface area contributed by atoms with Crippen molar-refractivity contribution in [2.24, 2.45) is 0 Å². The van der Waals surface area contributed by atoms with Gasteiger partial charge in [-0.25, -0.2) is 8.42 Å². The van der Waals surface area contributed by atoms with Crippen molar-refractivity contribution < 1.29 is 18.3 Å². The SMILES string of the molecule is CCC(C)O.O=C(Nc1ccc2c(c1)C(S(=O)(=O)c1cccc(Cl)c1)CCC2)c1c(Cl)cccc1Cl.